The summed E-state index contributed by atoms with van der Waals surface area (Å²) < 4.78 is 2.05. The van der Waals surface area contributed by atoms with Gasteiger partial charge in [0.15, 0.2) is 0 Å². The van der Waals surface area contributed by atoms with Crippen molar-refractivity contribution in [1.29, 1.82) is 0 Å². The third-order valence-electron chi connectivity index (χ3n) is 4.13. The summed E-state index contributed by atoms with van der Waals surface area (Å²) in [5.41, 5.74) is 3.91. The van der Waals surface area contributed by atoms with Gasteiger partial charge in [0, 0.05) is 30.4 Å². The van der Waals surface area contributed by atoms with E-state index in [2.05, 4.69) is 29.8 Å². The lowest BCUT2D eigenvalue weighted by Gasteiger charge is -2.16. The molecule has 0 spiro atoms. The second kappa shape index (κ2) is 5.12. The van der Waals surface area contributed by atoms with Crippen molar-refractivity contribution in [3.05, 3.63) is 33.2 Å². The maximum absolute atomic E-state index is 12.6. The first-order valence-corrected chi connectivity index (χ1v) is 7.63. The van der Waals surface area contributed by atoms with Gasteiger partial charge < -0.3 is 9.88 Å². The molecule has 1 heterocycles. The normalized spacial score (nSPS) is 18.1. The minimum absolute atomic E-state index is 0.238. The average molecular weight is 260 g/mol. The van der Waals surface area contributed by atoms with E-state index in [-0.39, 0.29) is 5.56 Å². The van der Waals surface area contributed by atoms with Gasteiger partial charge in [-0.25, -0.2) is 0 Å². The van der Waals surface area contributed by atoms with Crippen LogP contribution in [0, 0.1) is 5.92 Å². The van der Waals surface area contributed by atoms with Crippen LogP contribution < -0.4 is 10.9 Å². The molecule has 1 aromatic rings. The van der Waals surface area contributed by atoms with Crippen molar-refractivity contribution < 1.29 is 0 Å². The lowest BCUT2D eigenvalue weighted by molar-refractivity contribution is 0.493. The minimum Gasteiger partial charge on any atom is -0.312 e. The van der Waals surface area contributed by atoms with Gasteiger partial charge in [-0.1, -0.05) is 13.8 Å². The van der Waals surface area contributed by atoms with Gasteiger partial charge in [-0.15, -0.1) is 0 Å². The third kappa shape index (κ3) is 2.76. The molecule has 3 nitrogen and oxygen atoms in total. The standard InChI is InChI=1S/C16H24N2O/c1-11(2)10-18-15-5-3-4-12(15)8-13(16(18)19)9-17-14-6-7-14/h8,11,14,17H,3-7,9-10H2,1-2H3. The zero-order valence-corrected chi connectivity index (χ0v) is 12.0. The Balaban J connectivity index is 1.93. The molecule has 3 rings (SSSR count). The number of aromatic nitrogens is 1. The molecule has 1 saturated carbocycles. The molecule has 0 aromatic carbocycles. The van der Waals surface area contributed by atoms with E-state index in [0.717, 1.165) is 31.5 Å². The van der Waals surface area contributed by atoms with Crippen molar-refractivity contribution in [1.82, 2.24) is 9.88 Å². The van der Waals surface area contributed by atoms with Crippen LogP contribution in [0.1, 0.15) is 49.9 Å². The molecule has 0 amide bonds. The van der Waals surface area contributed by atoms with Crippen LogP contribution in [0.15, 0.2) is 10.9 Å². The third-order valence-corrected chi connectivity index (χ3v) is 4.13. The molecule has 1 N–H and O–H groups in total. The molecular formula is C16H24N2O. The summed E-state index contributed by atoms with van der Waals surface area (Å²) in [7, 11) is 0. The number of nitrogens with one attached hydrogen (secondary N) is 1. The molecule has 1 aromatic heterocycles. The highest BCUT2D eigenvalue weighted by Gasteiger charge is 2.23. The summed E-state index contributed by atoms with van der Waals surface area (Å²) in [6.07, 6.45) is 5.96. The zero-order valence-electron chi connectivity index (χ0n) is 12.0. The number of fused-ring (bicyclic) bond motifs is 1. The maximum Gasteiger partial charge on any atom is 0.255 e. The Morgan fingerprint density at radius 1 is 1.37 bits per heavy atom. The fourth-order valence-corrected chi connectivity index (χ4v) is 3.01. The smallest absolute Gasteiger partial charge is 0.255 e. The topological polar surface area (TPSA) is 34.0 Å². The van der Waals surface area contributed by atoms with E-state index in [4.69, 9.17) is 0 Å². The summed E-state index contributed by atoms with van der Waals surface area (Å²) in [4.78, 5) is 12.6. The minimum atomic E-state index is 0.238. The number of pyridine rings is 1. The van der Waals surface area contributed by atoms with Crippen LogP contribution in [0.25, 0.3) is 0 Å². The molecular weight excluding hydrogens is 236 g/mol. The molecule has 0 saturated heterocycles. The van der Waals surface area contributed by atoms with Crippen LogP contribution in [-0.4, -0.2) is 10.6 Å². The molecule has 0 atom stereocenters. The van der Waals surface area contributed by atoms with Gasteiger partial charge in [-0.05, 0) is 49.7 Å². The van der Waals surface area contributed by atoms with Crippen LogP contribution in [0.3, 0.4) is 0 Å². The molecule has 0 unspecified atom stereocenters. The van der Waals surface area contributed by atoms with E-state index in [1.165, 1.54) is 30.5 Å². The Bertz CT molecular complexity index is 526. The van der Waals surface area contributed by atoms with E-state index in [0.29, 0.717) is 12.0 Å². The SMILES string of the molecule is CC(C)Cn1c2c(cc(CNC3CC3)c1=O)CCC2. The zero-order chi connectivity index (χ0) is 13.4. The Hall–Kier alpha value is -1.09. The summed E-state index contributed by atoms with van der Waals surface area (Å²) in [5, 5.41) is 3.47. The van der Waals surface area contributed by atoms with Gasteiger partial charge in [0.1, 0.15) is 0 Å². The van der Waals surface area contributed by atoms with Crippen molar-refractivity contribution in [2.75, 3.05) is 0 Å². The number of nitrogens with zero attached hydrogens (tertiary/aromatic N) is 1. The number of aryl methyl sites for hydroxylation is 1. The molecule has 0 radical (unpaired) electrons. The molecule has 104 valence electrons. The van der Waals surface area contributed by atoms with Crippen LogP contribution in [0.5, 0.6) is 0 Å². The van der Waals surface area contributed by atoms with E-state index < -0.39 is 0 Å². The molecule has 0 aliphatic heterocycles. The number of rotatable bonds is 5. The number of hydrogen-bond donors (Lipinski definition) is 1. The Morgan fingerprint density at radius 3 is 2.84 bits per heavy atom. The Labute approximate surface area is 115 Å². The molecule has 19 heavy (non-hydrogen) atoms. The highest BCUT2D eigenvalue weighted by Crippen LogP contribution is 2.23. The largest absolute Gasteiger partial charge is 0.312 e. The fraction of sp³-hybridized carbons (Fsp3) is 0.688. The van der Waals surface area contributed by atoms with Crippen molar-refractivity contribution >= 4 is 0 Å². The van der Waals surface area contributed by atoms with E-state index in [9.17, 15) is 4.79 Å². The van der Waals surface area contributed by atoms with Crippen LogP contribution in [-0.2, 0) is 25.9 Å². The van der Waals surface area contributed by atoms with Gasteiger partial charge in [0.2, 0.25) is 0 Å². The Kier molecular flexibility index (Phi) is 3.48. The summed E-state index contributed by atoms with van der Waals surface area (Å²) in [5.74, 6) is 0.522. The molecule has 0 bridgehead atoms. The van der Waals surface area contributed by atoms with Crippen molar-refractivity contribution in [2.24, 2.45) is 5.92 Å². The van der Waals surface area contributed by atoms with E-state index in [1.807, 2.05) is 0 Å². The van der Waals surface area contributed by atoms with E-state index in [1.54, 1.807) is 0 Å². The van der Waals surface area contributed by atoms with Gasteiger partial charge in [0.05, 0.1) is 0 Å². The summed E-state index contributed by atoms with van der Waals surface area (Å²) >= 11 is 0. The van der Waals surface area contributed by atoms with Crippen molar-refractivity contribution in [3.8, 4) is 0 Å². The lowest BCUT2D eigenvalue weighted by Crippen LogP contribution is -2.31. The first-order chi connectivity index (χ1) is 9.15. The van der Waals surface area contributed by atoms with Gasteiger partial charge in [-0.2, -0.15) is 0 Å². The summed E-state index contributed by atoms with van der Waals surface area (Å²) in [6.45, 7) is 5.97. The van der Waals surface area contributed by atoms with Crippen LogP contribution in [0.4, 0.5) is 0 Å². The number of hydrogen-bond acceptors (Lipinski definition) is 2. The maximum atomic E-state index is 12.6. The molecule has 2 aliphatic carbocycles. The highest BCUT2D eigenvalue weighted by molar-refractivity contribution is 5.30. The van der Waals surface area contributed by atoms with Crippen LogP contribution >= 0.6 is 0 Å². The highest BCUT2D eigenvalue weighted by atomic mass is 16.1. The van der Waals surface area contributed by atoms with Crippen molar-refractivity contribution in [2.45, 2.75) is 65.1 Å². The van der Waals surface area contributed by atoms with Gasteiger partial charge in [0.25, 0.3) is 5.56 Å². The molecule has 2 aliphatic rings. The summed E-state index contributed by atoms with van der Waals surface area (Å²) in [6, 6.07) is 2.82. The average Bonchev–Trinajstić information content (AvgIpc) is 3.07. The molecule has 3 heteroatoms. The second-order valence-electron chi connectivity index (χ2n) is 6.46. The first-order valence-electron chi connectivity index (χ1n) is 7.63. The van der Waals surface area contributed by atoms with Gasteiger partial charge in [-0.3, -0.25) is 4.79 Å². The fourth-order valence-electron chi connectivity index (χ4n) is 3.01. The molecule has 1 fully saturated rings. The Morgan fingerprint density at radius 2 is 2.16 bits per heavy atom. The van der Waals surface area contributed by atoms with Gasteiger partial charge >= 0.3 is 0 Å². The van der Waals surface area contributed by atoms with E-state index >= 15 is 0 Å². The predicted molar refractivity (Wildman–Crippen MR) is 77.4 cm³/mol. The first kappa shape index (κ1) is 12.9. The lowest BCUT2D eigenvalue weighted by atomic mass is 10.1. The van der Waals surface area contributed by atoms with Crippen LogP contribution in [0.2, 0.25) is 0 Å². The quantitative estimate of drug-likeness (QED) is 0.881. The second-order valence-corrected chi connectivity index (χ2v) is 6.46. The monoisotopic (exact) mass is 260 g/mol. The predicted octanol–water partition coefficient (Wildman–Crippen LogP) is 2.25. The van der Waals surface area contributed by atoms with Crippen molar-refractivity contribution in [3.63, 3.8) is 0 Å².